The topological polar surface area (TPSA) is 37.3 Å². The van der Waals surface area contributed by atoms with Crippen molar-refractivity contribution in [3.8, 4) is 0 Å². The molecule has 0 aliphatic rings. The van der Waals surface area contributed by atoms with Gasteiger partial charge in [-0.3, -0.25) is 0 Å². The summed E-state index contributed by atoms with van der Waals surface area (Å²) in [6.45, 7) is 0. The molecule has 0 aliphatic carbocycles. The molecule has 0 amide bonds. The number of fused-ring (bicyclic) bond motifs is 2. The van der Waals surface area contributed by atoms with Crippen LogP contribution in [0.15, 0.2) is 29.6 Å². The first-order valence-corrected chi connectivity index (χ1v) is 6.08. The van der Waals surface area contributed by atoms with E-state index in [-0.39, 0.29) is 0 Å². The molecular formula is C11H6O2S2. The van der Waals surface area contributed by atoms with Crippen LogP contribution < -0.4 is 0 Å². The summed E-state index contributed by atoms with van der Waals surface area (Å²) >= 11 is 3.01. The van der Waals surface area contributed by atoms with Crippen LogP contribution in [0, 0.1) is 0 Å². The van der Waals surface area contributed by atoms with Gasteiger partial charge in [-0.15, -0.1) is 22.7 Å². The lowest BCUT2D eigenvalue weighted by Crippen LogP contribution is -1.89. The zero-order chi connectivity index (χ0) is 10.4. The minimum absolute atomic E-state index is 0.405. The van der Waals surface area contributed by atoms with Crippen molar-refractivity contribution in [3.63, 3.8) is 0 Å². The Bertz CT molecular complexity index is 615. The van der Waals surface area contributed by atoms with Crippen LogP contribution in [0.4, 0.5) is 0 Å². The smallest absolute Gasteiger partial charge is 0.345 e. The Labute approximate surface area is 93.4 Å². The number of carboxylic acids is 1. The van der Waals surface area contributed by atoms with Gasteiger partial charge in [-0.1, -0.05) is 0 Å². The molecule has 3 rings (SSSR count). The summed E-state index contributed by atoms with van der Waals surface area (Å²) in [6.07, 6.45) is 0. The van der Waals surface area contributed by atoms with Crippen molar-refractivity contribution >= 4 is 48.8 Å². The van der Waals surface area contributed by atoms with E-state index in [9.17, 15) is 4.79 Å². The van der Waals surface area contributed by atoms with Gasteiger partial charge >= 0.3 is 5.97 Å². The highest BCUT2D eigenvalue weighted by molar-refractivity contribution is 7.21. The van der Waals surface area contributed by atoms with Crippen molar-refractivity contribution in [2.45, 2.75) is 0 Å². The molecule has 4 heteroatoms. The van der Waals surface area contributed by atoms with Crippen molar-refractivity contribution < 1.29 is 9.90 Å². The zero-order valence-corrected chi connectivity index (χ0v) is 9.19. The van der Waals surface area contributed by atoms with Gasteiger partial charge in [0.2, 0.25) is 0 Å². The molecule has 74 valence electrons. The van der Waals surface area contributed by atoms with E-state index in [1.165, 1.54) is 21.4 Å². The number of carbonyl (C=O) groups is 1. The van der Waals surface area contributed by atoms with Crippen molar-refractivity contribution in [1.82, 2.24) is 0 Å². The number of rotatable bonds is 1. The Morgan fingerprint density at radius 2 is 1.93 bits per heavy atom. The second-order valence-electron chi connectivity index (χ2n) is 3.26. The molecule has 1 N–H and O–H groups in total. The maximum atomic E-state index is 10.8. The highest BCUT2D eigenvalue weighted by Gasteiger charge is 2.09. The first-order chi connectivity index (χ1) is 7.24. The summed E-state index contributed by atoms with van der Waals surface area (Å²) in [5.74, 6) is -0.848. The second-order valence-corrected chi connectivity index (χ2v) is 5.30. The first-order valence-electron chi connectivity index (χ1n) is 4.38. The molecular weight excluding hydrogens is 228 g/mol. The largest absolute Gasteiger partial charge is 0.477 e. The molecule has 0 spiro atoms. The fraction of sp³-hybridized carbons (Fsp3) is 0. The van der Waals surface area contributed by atoms with E-state index in [0.717, 1.165) is 10.1 Å². The molecule has 0 radical (unpaired) electrons. The fourth-order valence-corrected chi connectivity index (χ4v) is 3.35. The third-order valence-corrected chi connectivity index (χ3v) is 4.27. The average Bonchev–Trinajstić information content (AvgIpc) is 2.77. The summed E-state index contributed by atoms with van der Waals surface area (Å²) in [6, 6.07) is 7.90. The van der Waals surface area contributed by atoms with E-state index < -0.39 is 5.97 Å². The van der Waals surface area contributed by atoms with Crippen LogP contribution in [-0.4, -0.2) is 11.1 Å². The summed E-state index contributed by atoms with van der Waals surface area (Å²) in [5.41, 5.74) is 0. The van der Waals surface area contributed by atoms with Gasteiger partial charge in [0.15, 0.2) is 0 Å². The van der Waals surface area contributed by atoms with Gasteiger partial charge in [0, 0.05) is 9.40 Å². The molecule has 0 aliphatic heterocycles. The van der Waals surface area contributed by atoms with E-state index in [4.69, 9.17) is 5.11 Å². The van der Waals surface area contributed by atoms with Crippen molar-refractivity contribution in [2.24, 2.45) is 0 Å². The summed E-state index contributed by atoms with van der Waals surface area (Å²) in [5, 5.41) is 13.1. The first kappa shape index (κ1) is 8.88. The van der Waals surface area contributed by atoms with Gasteiger partial charge < -0.3 is 5.11 Å². The number of hydrogen-bond acceptors (Lipinski definition) is 3. The fourth-order valence-electron chi connectivity index (χ4n) is 1.60. The number of thiophene rings is 2. The predicted octanol–water partition coefficient (Wildman–Crippen LogP) is 3.81. The molecule has 1 aromatic carbocycles. The predicted molar refractivity (Wildman–Crippen MR) is 64.2 cm³/mol. The average molecular weight is 234 g/mol. The summed E-state index contributed by atoms with van der Waals surface area (Å²) < 4.78 is 2.25. The summed E-state index contributed by atoms with van der Waals surface area (Å²) in [4.78, 5) is 11.2. The molecule has 0 saturated carbocycles. The number of aromatic carboxylic acids is 1. The molecule has 3 aromatic rings. The van der Waals surface area contributed by atoms with Gasteiger partial charge in [-0.25, -0.2) is 4.79 Å². The third-order valence-electron chi connectivity index (χ3n) is 2.30. The Balaban J connectivity index is 2.38. The SMILES string of the molecule is O=C(O)c1cc2cc3sccc3cc2s1. The molecule has 2 nitrogen and oxygen atoms in total. The monoisotopic (exact) mass is 234 g/mol. The van der Waals surface area contributed by atoms with Gasteiger partial charge in [0.25, 0.3) is 0 Å². The minimum atomic E-state index is -0.848. The Kier molecular flexibility index (Phi) is 1.81. The van der Waals surface area contributed by atoms with E-state index in [0.29, 0.717) is 4.88 Å². The van der Waals surface area contributed by atoms with Crippen LogP contribution in [0.5, 0.6) is 0 Å². The number of benzene rings is 1. The molecule has 0 atom stereocenters. The maximum absolute atomic E-state index is 10.8. The molecule has 0 saturated heterocycles. The third kappa shape index (κ3) is 1.33. The second kappa shape index (κ2) is 3.05. The van der Waals surface area contributed by atoms with E-state index >= 15 is 0 Å². The molecule has 2 aromatic heterocycles. The van der Waals surface area contributed by atoms with Crippen LogP contribution in [0.1, 0.15) is 9.67 Å². The number of carboxylic acid groups (broad SMARTS) is 1. The normalized spacial score (nSPS) is 11.2. The lowest BCUT2D eigenvalue weighted by atomic mass is 10.2. The van der Waals surface area contributed by atoms with Crippen molar-refractivity contribution in [2.75, 3.05) is 0 Å². The summed E-state index contributed by atoms with van der Waals surface area (Å²) in [7, 11) is 0. The molecule has 2 heterocycles. The maximum Gasteiger partial charge on any atom is 0.345 e. The van der Waals surface area contributed by atoms with E-state index in [1.54, 1.807) is 17.4 Å². The van der Waals surface area contributed by atoms with Crippen LogP contribution in [0.25, 0.3) is 20.2 Å². The van der Waals surface area contributed by atoms with E-state index in [2.05, 4.69) is 18.2 Å². The van der Waals surface area contributed by atoms with Crippen LogP contribution in [0.2, 0.25) is 0 Å². The van der Waals surface area contributed by atoms with Gasteiger partial charge in [-0.05, 0) is 40.4 Å². The van der Waals surface area contributed by atoms with Crippen LogP contribution >= 0.6 is 22.7 Å². The Morgan fingerprint density at radius 1 is 1.13 bits per heavy atom. The highest BCUT2D eigenvalue weighted by Crippen LogP contribution is 2.32. The lowest BCUT2D eigenvalue weighted by molar-refractivity contribution is 0.0702. The standard InChI is InChI=1S/C11H6O2S2/c12-11(13)10-5-7-4-8-6(1-2-14-8)3-9(7)15-10/h1-5H,(H,12,13). The quantitative estimate of drug-likeness (QED) is 0.695. The molecule has 0 bridgehead atoms. The molecule has 0 fully saturated rings. The van der Waals surface area contributed by atoms with Crippen molar-refractivity contribution in [1.29, 1.82) is 0 Å². The van der Waals surface area contributed by atoms with Gasteiger partial charge in [0.1, 0.15) is 4.88 Å². The van der Waals surface area contributed by atoms with Gasteiger partial charge in [-0.2, -0.15) is 0 Å². The van der Waals surface area contributed by atoms with E-state index in [1.807, 2.05) is 5.38 Å². The number of hydrogen-bond donors (Lipinski definition) is 1. The van der Waals surface area contributed by atoms with Crippen molar-refractivity contribution in [3.05, 3.63) is 34.5 Å². The highest BCUT2D eigenvalue weighted by atomic mass is 32.1. The van der Waals surface area contributed by atoms with Crippen LogP contribution in [-0.2, 0) is 0 Å². The Morgan fingerprint density at radius 3 is 2.73 bits per heavy atom. The molecule has 0 unspecified atom stereocenters. The lowest BCUT2D eigenvalue weighted by Gasteiger charge is -1.89. The zero-order valence-electron chi connectivity index (χ0n) is 7.56. The molecule has 15 heavy (non-hydrogen) atoms. The van der Waals surface area contributed by atoms with Gasteiger partial charge in [0.05, 0.1) is 0 Å². The van der Waals surface area contributed by atoms with Crippen LogP contribution in [0.3, 0.4) is 0 Å². The minimum Gasteiger partial charge on any atom is -0.477 e. The Hall–Kier alpha value is -1.39.